The number of thiazole rings is 1. The van der Waals surface area contributed by atoms with E-state index in [0.717, 1.165) is 43.1 Å². The monoisotopic (exact) mass is 237 g/mol. The second kappa shape index (κ2) is 4.18. The number of H-pyrrole nitrogens is 1. The molecule has 0 spiro atoms. The van der Waals surface area contributed by atoms with Crippen molar-refractivity contribution in [2.24, 2.45) is 0 Å². The zero-order valence-electron chi connectivity index (χ0n) is 8.59. The Morgan fingerprint density at radius 2 is 2.25 bits per heavy atom. The second-order valence-corrected chi connectivity index (χ2v) is 4.32. The van der Waals surface area contributed by atoms with Gasteiger partial charge < -0.3 is 9.64 Å². The topological polar surface area (TPSA) is 66.9 Å². The van der Waals surface area contributed by atoms with E-state index in [-0.39, 0.29) is 0 Å². The predicted molar refractivity (Wildman–Crippen MR) is 60.5 cm³/mol. The fourth-order valence-corrected chi connectivity index (χ4v) is 2.17. The van der Waals surface area contributed by atoms with Crippen LogP contribution in [0.2, 0.25) is 0 Å². The van der Waals surface area contributed by atoms with Crippen LogP contribution in [0.5, 0.6) is 0 Å². The van der Waals surface area contributed by atoms with Crippen LogP contribution in [0.25, 0.3) is 10.8 Å². The van der Waals surface area contributed by atoms with Crippen molar-refractivity contribution in [3.8, 4) is 10.8 Å². The maximum Gasteiger partial charge on any atom is 0.245 e. The van der Waals surface area contributed by atoms with Gasteiger partial charge in [0.25, 0.3) is 0 Å². The van der Waals surface area contributed by atoms with Crippen LogP contribution in [0.4, 0.5) is 5.95 Å². The number of morpholine rings is 1. The first kappa shape index (κ1) is 9.73. The molecule has 1 fully saturated rings. The Balaban J connectivity index is 1.82. The Hall–Kier alpha value is -1.47. The number of rotatable bonds is 2. The maximum absolute atomic E-state index is 5.28. The number of anilines is 1. The fraction of sp³-hybridized carbons (Fsp3) is 0.444. The molecule has 7 heteroatoms. The van der Waals surface area contributed by atoms with E-state index < -0.39 is 0 Å². The first-order chi connectivity index (χ1) is 7.93. The summed E-state index contributed by atoms with van der Waals surface area (Å²) >= 11 is 1.55. The van der Waals surface area contributed by atoms with Crippen molar-refractivity contribution in [1.29, 1.82) is 0 Å². The number of nitrogens with zero attached hydrogens (tertiary/aromatic N) is 4. The minimum absolute atomic E-state index is 0.730. The van der Waals surface area contributed by atoms with Gasteiger partial charge in [0.2, 0.25) is 5.95 Å². The molecule has 1 aliphatic heterocycles. The van der Waals surface area contributed by atoms with Gasteiger partial charge in [0.15, 0.2) is 10.8 Å². The lowest BCUT2D eigenvalue weighted by Crippen LogP contribution is -2.36. The summed E-state index contributed by atoms with van der Waals surface area (Å²) in [4.78, 5) is 10.7. The normalized spacial score (nSPS) is 16.6. The van der Waals surface area contributed by atoms with Crippen LogP contribution < -0.4 is 4.90 Å². The molecule has 0 radical (unpaired) electrons. The Kier molecular flexibility index (Phi) is 2.55. The van der Waals surface area contributed by atoms with E-state index in [2.05, 4.69) is 25.1 Å². The van der Waals surface area contributed by atoms with Crippen LogP contribution in [-0.4, -0.2) is 46.5 Å². The van der Waals surface area contributed by atoms with Crippen LogP contribution in [0, 0.1) is 0 Å². The van der Waals surface area contributed by atoms with Gasteiger partial charge in [-0.2, -0.15) is 4.98 Å². The average molecular weight is 237 g/mol. The van der Waals surface area contributed by atoms with E-state index in [9.17, 15) is 0 Å². The quantitative estimate of drug-likeness (QED) is 0.835. The molecule has 0 saturated carbocycles. The molecule has 3 rings (SSSR count). The van der Waals surface area contributed by atoms with Crippen LogP contribution in [0.15, 0.2) is 11.6 Å². The van der Waals surface area contributed by atoms with Crippen LogP contribution in [-0.2, 0) is 4.74 Å². The molecule has 1 saturated heterocycles. The standard InChI is InChI=1S/C9H11N5OS/c1-6-16-8(10-1)7-11-9(13-12-7)14-2-4-15-5-3-14/h1,6H,2-5H2,(H,11,12,13). The molecule has 0 unspecified atom stereocenters. The molecule has 0 bridgehead atoms. The predicted octanol–water partition coefficient (Wildman–Crippen LogP) is 0.765. The first-order valence-corrected chi connectivity index (χ1v) is 5.96. The lowest BCUT2D eigenvalue weighted by molar-refractivity contribution is 0.122. The van der Waals surface area contributed by atoms with Gasteiger partial charge in [0.1, 0.15) is 0 Å². The zero-order chi connectivity index (χ0) is 10.8. The molecule has 3 heterocycles. The second-order valence-electron chi connectivity index (χ2n) is 3.42. The molecule has 84 valence electrons. The third-order valence-electron chi connectivity index (χ3n) is 2.40. The summed E-state index contributed by atoms with van der Waals surface area (Å²) in [5.74, 6) is 1.46. The van der Waals surface area contributed by atoms with Gasteiger partial charge in [-0.05, 0) is 0 Å². The van der Waals surface area contributed by atoms with Crippen LogP contribution >= 0.6 is 11.3 Å². The molecular weight excluding hydrogens is 226 g/mol. The molecule has 1 N–H and O–H groups in total. The van der Waals surface area contributed by atoms with Gasteiger partial charge in [-0.25, -0.2) is 4.98 Å². The minimum atomic E-state index is 0.730. The van der Waals surface area contributed by atoms with Crippen molar-refractivity contribution in [1.82, 2.24) is 20.2 Å². The summed E-state index contributed by atoms with van der Waals surface area (Å²) in [6.07, 6.45) is 1.76. The SMILES string of the molecule is c1csc(-c2nc(N3CCOCC3)n[nH]2)n1. The highest BCUT2D eigenvalue weighted by atomic mass is 32.1. The molecule has 2 aromatic rings. The zero-order valence-corrected chi connectivity index (χ0v) is 9.40. The van der Waals surface area contributed by atoms with E-state index >= 15 is 0 Å². The highest BCUT2D eigenvalue weighted by Gasteiger charge is 2.16. The molecule has 0 aromatic carbocycles. The number of ether oxygens (including phenoxy) is 1. The van der Waals surface area contributed by atoms with Gasteiger partial charge in [0, 0.05) is 24.7 Å². The van der Waals surface area contributed by atoms with Crippen molar-refractivity contribution < 1.29 is 4.74 Å². The fourth-order valence-electron chi connectivity index (χ4n) is 1.59. The highest BCUT2D eigenvalue weighted by Crippen LogP contribution is 2.19. The van der Waals surface area contributed by atoms with Crippen molar-refractivity contribution in [2.75, 3.05) is 31.2 Å². The van der Waals surface area contributed by atoms with Crippen LogP contribution in [0.1, 0.15) is 0 Å². The first-order valence-electron chi connectivity index (χ1n) is 5.08. The minimum Gasteiger partial charge on any atom is -0.378 e. The summed E-state index contributed by atoms with van der Waals surface area (Å²) in [5.41, 5.74) is 0. The number of aromatic nitrogens is 4. The Morgan fingerprint density at radius 3 is 3.00 bits per heavy atom. The average Bonchev–Trinajstić information content (AvgIpc) is 3.01. The van der Waals surface area contributed by atoms with Crippen molar-refractivity contribution in [2.45, 2.75) is 0 Å². The van der Waals surface area contributed by atoms with E-state index in [1.54, 1.807) is 17.5 Å². The number of nitrogens with one attached hydrogen (secondary N) is 1. The lowest BCUT2D eigenvalue weighted by Gasteiger charge is -2.25. The molecule has 0 amide bonds. The maximum atomic E-state index is 5.28. The van der Waals surface area contributed by atoms with E-state index in [4.69, 9.17) is 4.74 Å². The van der Waals surface area contributed by atoms with Crippen molar-refractivity contribution in [3.05, 3.63) is 11.6 Å². The molecule has 1 aliphatic rings. The van der Waals surface area contributed by atoms with Gasteiger partial charge in [-0.1, -0.05) is 0 Å². The van der Waals surface area contributed by atoms with Gasteiger partial charge in [-0.15, -0.1) is 16.4 Å². The molecule has 16 heavy (non-hydrogen) atoms. The third-order valence-corrected chi connectivity index (χ3v) is 3.18. The van der Waals surface area contributed by atoms with Gasteiger partial charge >= 0.3 is 0 Å². The van der Waals surface area contributed by atoms with E-state index in [1.165, 1.54) is 0 Å². The largest absolute Gasteiger partial charge is 0.378 e. The Bertz CT molecular complexity index is 448. The number of hydrogen-bond acceptors (Lipinski definition) is 6. The summed E-state index contributed by atoms with van der Waals surface area (Å²) < 4.78 is 5.28. The van der Waals surface area contributed by atoms with Crippen molar-refractivity contribution in [3.63, 3.8) is 0 Å². The molecule has 0 aliphatic carbocycles. The number of aromatic amines is 1. The molecule has 2 aromatic heterocycles. The molecule has 6 nitrogen and oxygen atoms in total. The van der Waals surface area contributed by atoms with Crippen molar-refractivity contribution >= 4 is 17.3 Å². The Morgan fingerprint density at radius 1 is 1.38 bits per heavy atom. The van der Waals surface area contributed by atoms with Gasteiger partial charge in [0.05, 0.1) is 13.2 Å². The van der Waals surface area contributed by atoms with Crippen LogP contribution in [0.3, 0.4) is 0 Å². The number of hydrogen-bond donors (Lipinski definition) is 1. The summed E-state index contributed by atoms with van der Waals surface area (Å²) in [6, 6.07) is 0. The lowest BCUT2D eigenvalue weighted by atomic mass is 10.4. The summed E-state index contributed by atoms with van der Waals surface area (Å²) in [7, 11) is 0. The molecule has 0 atom stereocenters. The molecular formula is C9H11N5OS. The van der Waals surface area contributed by atoms with Gasteiger partial charge in [-0.3, -0.25) is 5.10 Å². The summed E-state index contributed by atoms with van der Waals surface area (Å²) in [6.45, 7) is 3.16. The van der Waals surface area contributed by atoms with E-state index in [0.29, 0.717) is 0 Å². The Labute approximate surface area is 96.3 Å². The third kappa shape index (κ3) is 1.79. The summed E-state index contributed by atoms with van der Waals surface area (Å²) in [5, 5.41) is 9.90. The highest BCUT2D eigenvalue weighted by molar-refractivity contribution is 7.12. The smallest absolute Gasteiger partial charge is 0.245 e. The van der Waals surface area contributed by atoms with E-state index in [1.807, 2.05) is 5.38 Å².